The number of aromatic nitrogens is 3. The van der Waals surface area contributed by atoms with Gasteiger partial charge in [-0.1, -0.05) is 22.9 Å². The van der Waals surface area contributed by atoms with Gasteiger partial charge in [-0.3, -0.25) is 9.59 Å². The maximum atomic E-state index is 12.8. The molecule has 0 saturated carbocycles. The summed E-state index contributed by atoms with van der Waals surface area (Å²) in [5.74, 6) is 0.753. The summed E-state index contributed by atoms with van der Waals surface area (Å²) < 4.78 is 18.8. The first-order valence-electron chi connectivity index (χ1n) is 11.0. The molecule has 0 saturated heterocycles. The molecule has 10 nitrogen and oxygen atoms in total. The molecule has 34 heavy (non-hydrogen) atoms. The first-order valence-corrected chi connectivity index (χ1v) is 11.0. The second kappa shape index (κ2) is 10.7. The van der Waals surface area contributed by atoms with Gasteiger partial charge in [0.15, 0.2) is 11.5 Å². The van der Waals surface area contributed by atoms with E-state index in [1.54, 1.807) is 41.2 Å². The van der Waals surface area contributed by atoms with E-state index in [-0.39, 0.29) is 18.4 Å². The molecule has 2 aromatic carbocycles. The van der Waals surface area contributed by atoms with E-state index in [1.165, 1.54) is 7.11 Å². The summed E-state index contributed by atoms with van der Waals surface area (Å²) >= 11 is 0. The maximum absolute atomic E-state index is 12.8. The number of nitrogens with zero attached hydrogens (tertiary/aromatic N) is 3. The van der Waals surface area contributed by atoms with Crippen molar-refractivity contribution in [3.8, 4) is 17.2 Å². The highest BCUT2D eigenvalue weighted by molar-refractivity contribution is 5.98. The van der Waals surface area contributed by atoms with Crippen LogP contribution in [0.5, 0.6) is 17.2 Å². The lowest BCUT2D eigenvalue weighted by Gasteiger charge is -2.14. The number of fused-ring (bicyclic) bond motifs is 4. The molecule has 2 bridgehead atoms. The van der Waals surface area contributed by atoms with Gasteiger partial charge in [0, 0.05) is 13.1 Å². The molecular formula is C24H27N5O5. The van der Waals surface area contributed by atoms with Crippen molar-refractivity contribution in [1.82, 2.24) is 25.6 Å². The predicted octanol–water partition coefficient (Wildman–Crippen LogP) is 2.12. The molecule has 1 aliphatic heterocycles. The van der Waals surface area contributed by atoms with Crippen molar-refractivity contribution in [2.45, 2.75) is 26.5 Å². The Morgan fingerprint density at radius 1 is 1.03 bits per heavy atom. The van der Waals surface area contributed by atoms with E-state index in [0.29, 0.717) is 66.7 Å². The minimum absolute atomic E-state index is 0.113. The Morgan fingerprint density at radius 3 is 2.62 bits per heavy atom. The largest absolute Gasteiger partial charge is 0.493 e. The van der Waals surface area contributed by atoms with Crippen LogP contribution in [0.2, 0.25) is 0 Å². The van der Waals surface area contributed by atoms with E-state index in [9.17, 15) is 9.59 Å². The van der Waals surface area contributed by atoms with Gasteiger partial charge in [-0.15, -0.1) is 5.10 Å². The Balaban J connectivity index is 1.57. The van der Waals surface area contributed by atoms with Gasteiger partial charge in [0.25, 0.3) is 11.8 Å². The van der Waals surface area contributed by atoms with Crippen molar-refractivity contribution < 1.29 is 23.8 Å². The lowest BCUT2D eigenvalue weighted by atomic mass is 10.1. The summed E-state index contributed by atoms with van der Waals surface area (Å²) in [5, 5.41) is 14.0. The first kappa shape index (κ1) is 23.1. The summed E-state index contributed by atoms with van der Waals surface area (Å²) in [6.45, 7) is 3.55. The van der Waals surface area contributed by atoms with Crippen LogP contribution < -0.4 is 24.8 Å². The van der Waals surface area contributed by atoms with Crippen LogP contribution in [-0.2, 0) is 13.2 Å². The molecule has 0 spiro atoms. The Hall–Kier alpha value is -4.08. The van der Waals surface area contributed by atoms with Crippen LogP contribution in [0.15, 0.2) is 42.6 Å². The standard InChI is InChI=1S/C24H27N5O5/c1-16-7-8-20-19(13-16)24(31)26-10-4-9-25-23(30)18-5-3-6-21(32-2)22(18)34-15-17-14-29(28-27-17)11-12-33-20/h3,5-8,13-14H,4,9-12,15H2,1-2H3,(H,25,30)(H,26,31). The number of rotatable bonds is 1. The summed E-state index contributed by atoms with van der Waals surface area (Å²) in [6, 6.07) is 10.6. The summed E-state index contributed by atoms with van der Waals surface area (Å²) in [5.41, 5.74) is 2.37. The topological polar surface area (TPSA) is 117 Å². The molecule has 0 radical (unpaired) electrons. The normalized spacial score (nSPS) is 15.1. The van der Waals surface area contributed by atoms with Gasteiger partial charge in [-0.05, 0) is 37.6 Å². The van der Waals surface area contributed by atoms with Gasteiger partial charge in [-0.2, -0.15) is 0 Å². The van der Waals surface area contributed by atoms with E-state index < -0.39 is 0 Å². The Kier molecular flexibility index (Phi) is 7.26. The van der Waals surface area contributed by atoms with Crippen LogP contribution in [0.4, 0.5) is 0 Å². The molecule has 4 rings (SSSR count). The van der Waals surface area contributed by atoms with Crippen molar-refractivity contribution in [2.75, 3.05) is 26.8 Å². The van der Waals surface area contributed by atoms with Crippen molar-refractivity contribution >= 4 is 11.8 Å². The maximum Gasteiger partial charge on any atom is 0.255 e. The highest BCUT2D eigenvalue weighted by Gasteiger charge is 2.18. The number of hydrogen-bond donors (Lipinski definition) is 2. The van der Waals surface area contributed by atoms with E-state index >= 15 is 0 Å². The number of methoxy groups -OCH3 is 1. The van der Waals surface area contributed by atoms with Crippen LogP contribution in [0.25, 0.3) is 0 Å². The lowest BCUT2D eigenvalue weighted by molar-refractivity contribution is 0.0947. The van der Waals surface area contributed by atoms with Crippen LogP contribution in [0.1, 0.15) is 38.4 Å². The second-order valence-corrected chi connectivity index (χ2v) is 7.81. The Morgan fingerprint density at radius 2 is 1.82 bits per heavy atom. The zero-order chi connectivity index (χ0) is 23.9. The number of aryl methyl sites for hydroxylation is 1. The summed E-state index contributed by atoms with van der Waals surface area (Å²) in [7, 11) is 1.52. The van der Waals surface area contributed by atoms with Gasteiger partial charge >= 0.3 is 0 Å². The van der Waals surface area contributed by atoms with E-state index in [4.69, 9.17) is 14.2 Å². The Labute approximate surface area is 197 Å². The molecule has 0 aliphatic carbocycles. The van der Waals surface area contributed by atoms with Crippen LogP contribution in [0, 0.1) is 6.92 Å². The van der Waals surface area contributed by atoms with Crippen LogP contribution in [-0.4, -0.2) is 53.6 Å². The minimum Gasteiger partial charge on any atom is -0.493 e. The molecule has 3 aromatic rings. The fourth-order valence-electron chi connectivity index (χ4n) is 3.54. The number of nitrogens with one attached hydrogen (secondary N) is 2. The number of ether oxygens (including phenoxy) is 3. The molecule has 1 aromatic heterocycles. The molecule has 10 heteroatoms. The van der Waals surface area contributed by atoms with E-state index in [0.717, 1.165) is 5.56 Å². The second-order valence-electron chi connectivity index (χ2n) is 7.81. The lowest BCUT2D eigenvalue weighted by Crippen LogP contribution is -2.30. The average molecular weight is 466 g/mol. The smallest absolute Gasteiger partial charge is 0.255 e. The summed E-state index contributed by atoms with van der Waals surface area (Å²) in [4.78, 5) is 25.6. The SMILES string of the molecule is COc1cccc2c1OCc1cn(nn1)CCOc1ccc(C)cc1C(=O)NCCCNC2=O. The number of carbonyl (C=O) groups excluding carboxylic acids is 2. The molecule has 0 fully saturated rings. The number of carbonyl (C=O) groups is 2. The average Bonchev–Trinajstić information content (AvgIpc) is 3.30. The van der Waals surface area contributed by atoms with Crippen LogP contribution >= 0.6 is 0 Å². The molecule has 2 N–H and O–H groups in total. The molecule has 1 aliphatic rings. The first-order chi connectivity index (χ1) is 16.5. The molecule has 2 heterocycles. The van der Waals surface area contributed by atoms with E-state index in [1.807, 2.05) is 13.0 Å². The highest BCUT2D eigenvalue weighted by Crippen LogP contribution is 2.31. The van der Waals surface area contributed by atoms with Crippen molar-refractivity contribution in [2.24, 2.45) is 0 Å². The monoisotopic (exact) mass is 465 g/mol. The zero-order valence-corrected chi connectivity index (χ0v) is 19.2. The van der Waals surface area contributed by atoms with Gasteiger partial charge in [0.05, 0.1) is 31.0 Å². The number of hydrogen-bond acceptors (Lipinski definition) is 7. The van der Waals surface area contributed by atoms with Crippen molar-refractivity contribution in [3.05, 3.63) is 65.0 Å². The fourth-order valence-corrected chi connectivity index (χ4v) is 3.54. The van der Waals surface area contributed by atoms with Crippen molar-refractivity contribution in [1.29, 1.82) is 0 Å². The molecule has 2 amide bonds. The minimum atomic E-state index is -0.295. The molecular weight excluding hydrogens is 438 g/mol. The molecule has 178 valence electrons. The Bertz CT molecular complexity index is 1180. The molecule has 0 unspecified atom stereocenters. The zero-order valence-electron chi connectivity index (χ0n) is 19.2. The van der Waals surface area contributed by atoms with Gasteiger partial charge in [0.2, 0.25) is 0 Å². The van der Waals surface area contributed by atoms with Crippen LogP contribution in [0.3, 0.4) is 0 Å². The number of benzene rings is 2. The van der Waals surface area contributed by atoms with Gasteiger partial charge in [-0.25, -0.2) is 4.68 Å². The summed E-state index contributed by atoms with van der Waals surface area (Å²) in [6.07, 6.45) is 2.30. The number of amides is 2. The quantitative estimate of drug-likeness (QED) is 0.565. The fraction of sp³-hybridized carbons (Fsp3) is 0.333. The third-order valence-corrected chi connectivity index (χ3v) is 5.28. The highest BCUT2D eigenvalue weighted by atomic mass is 16.5. The predicted molar refractivity (Wildman–Crippen MR) is 123 cm³/mol. The third kappa shape index (κ3) is 5.45. The molecule has 0 atom stereocenters. The van der Waals surface area contributed by atoms with E-state index in [2.05, 4.69) is 20.9 Å². The number of para-hydroxylation sites is 1. The van der Waals surface area contributed by atoms with Gasteiger partial charge < -0.3 is 24.8 Å². The third-order valence-electron chi connectivity index (χ3n) is 5.28. The van der Waals surface area contributed by atoms with Gasteiger partial charge in [0.1, 0.15) is 24.7 Å². The van der Waals surface area contributed by atoms with Crippen molar-refractivity contribution in [3.63, 3.8) is 0 Å².